The average molecular weight is 211 g/mol. The monoisotopic (exact) mass is 211 g/mol. The summed E-state index contributed by atoms with van der Waals surface area (Å²) in [7, 11) is 0. The molecule has 3 nitrogen and oxygen atoms in total. The van der Waals surface area contributed by atoms with E-state index in [1.807, 2.05) is 0 Å². The van der Waals surface area contributed by atoms with E-state index in [1.165, 1.54) is 19.3 Å². The van der Waals surface area contributed by atoms with Crippen LogP contribution in [0.4, 0.5) is 0 Å². The van der Waals surface area contributed by atoms with Crippen molar-refractivity contribution in [3.63, 3.8) is 0 Å². The van der Waals surface area contributed by atoms with Gasteiger partial charge in [0.05, 0.1) is 19.3 Å². The van der Waals surface area contributed by atoms with Crippen LogP contribution in [-0.4, -0.2) is 49.0 Å². The summed E-state index contributed by atoms with van der Waals surface area (Å²) in [5.74, 6) is 2.00. The third-order valence-electron chi connectivity index (χ3n) is 4.61. The van der Waals surface area contributed by atoms with E-state index in [9.17, 15) is 5.11 Å². The SMILES string of the molecule is O[C@@H]1[C@H]2CC[C@H](C2)[C@@H]1CN1CCOCC1. The molecule has 0 aromatic heterocycles. The first kappa shape index (κ1) is 10.1. The summed E-state index contributed by atoms with van der Waals surface area (Å²) < 4.78 is 5.35. The van der Waals surface area contributed by atoms with Gasteiger partial charge in [0.15, 0.2) is 0 Å². The van der Waals surface area contributed by atoms with Crippen LogP contribution >= 0.6 is 0 Å². The number of morpholine rings is 1. The average Bonchev–Trinajstić information content (AvgIpc) is 2.84. The Bertz CT molecular complexity index is 226. The molecule has 2 bridgehead atoms. The first-order chi connectivity index (χ1) is 7.34. The first-order valence-corrected chi connectivity index (χ1v) is 6.33. The Hall–Kier alpha value is -0.120. The smallest absolute Gasteiger partial charge is 0.0611 e. The lowest BCUT2D eigenvalue weighted by molar-refractivity contribution is -0.00240. The lowest BCUT2D eigenvalue weighted by Gasteiger charge is -2.34. The van der Waals surface area contributed by atoms with Crippen LogP contribution in [0.5, 0.6) is 0 Å². The summed E-state index contributed by atoms with van der Waals surface area (Å²) in [6.45, 7) is 4.96. The van der Waals surface area contributed by atoms with Gasteiger partial charge in [0.1, 0.15) is 0 Å². The Morgan fingerprint density at radius 3 is 2.53 bits per heavy atom. The Balaban J connectivity index is 1.58. The van der Waals surface area contributed by atoms with Gasteiger partial charge in [0.25, 0.3) is 0 Å². The van der Waals surface area contributed by atoms with E-state index in [0.717, 1.165) is 38.8 Å². The number of ether oxygens (including phenoxy) is 1. The third-order valence-corrected chi connectivity index (χ3v) is 4.61. The highest BCUT2D eigenvalue weighted by Crippen LogP contribution is 2.48. The van der Waals surface area contributed by atoms with E-state index in [0.29, 0.717) is 11.8 Å². The largest absolute Gasteiger partial charge is 0.392 e. The molecule has 86 valence electrons. The zero-order chi connectivity index (χ0) is 10.3. The van der Waals surface area contributed by atoms with Crippen LogP contribution in [0.25, 0.3) is 0 Å². The molecule has 15 heavy (non-hydrogen) atoms. The van der Waals surface area contributed by atoms with Gasteiger partial charge in [-0.2, -0.15) is 0 Å². The van der Waals surface area contributed by atoms with Gasteiger partial charge in [-0.05, 0) is 31.1 Å². The van der Waals surface area contributed by atoms with Crippen molar-refractivity contribution in [1.29, 1.82) is 0 Å². The van der Waals surface area contributed by atoms with Crippen LogP contribution in [0.3, 0.4) is 0 Å². The van der Waals surface area contributed by atoms with Crippen LogP contribution < -0.4 is 0 Å². The van der Waals surface area contributed by atoms with Gasteiger partial charge in [0, 0.05) is 25.6 Å². The number of aliphatic hydroxyl groups is 1. The molecule has 0 unspecified atom stereocenters. The van der Waals surface area contributed by atoms with E-state index in [4.69, 9.17) is 4.74 Å². The van der Waals surface area contributed by atoms with Crippen molar-refractivity contribution < 1.29 is 9.84 Å². The number of aliphatic hydroxyl groups excluding tert-OH is 1. The molecule has 0 aromatic carbocycles. The second-order valence-corrected chi connectivity index (χ2v) is 5.40. The van der Waals surface area contributed by atoms with Gasteiger partial charge in [-0.3, -0.25) is 4.90 Å². The number of rotatable bonds is 2. The van der Waals surface area contributed by atoms with Crippen molar-refractivity contribution in [2.75, 3.05) is 32.8 Å². The maximum absolute atomic E-state index is 10.2. The van der Waals surface area contributed by atoms with E-state index in [2.05, 4.69) is 4.90 Å². The Labute approximate surface area is 91.4 Å². The molecule has 2 aliphatic carbocycles. The van der Waals surface area contributed by atoms with E-state index in [-0.39, 0.29) is 6.10 Å². The van der Waals surface area contributed by atoms with Gasteiger partial charge < -0.3 is 9.84 Å². The summed E-state index contributed by atoms with van der Waals surface area (Å²) in [6.07, 6.45) is 3.91. The summed E-state index contributed by atoms with van der Waals surface area (Å²) in [6, 6.07) is 0. The maximum atomic E-state index is 10.2. The van der Waals surface area contributed by atoms with Crippen molar-refractivity contribution in [3.05, 3.63) is 0 Å². The van der Waals surface area contributed by atoms with Crippen molar-refractivity contribution >= 4 is 0 Å². The van der Waals surface area contributed by atoms with Crippen LogP contribution in [-0.2, 0) is 4.74 Å². The second-order valence-electron chi connectivity index (χ2n) is 5.40. The molecule has 0 spiro atoms. The molecular weight excluding hydrogens is 190 g/mol. The summed E-state index contributed by atoms with van der Waals surface area (Å²) in [5, 5.41) is 10.2. The molecule has 1 aliphatic heterocycles. The highest BCUT2D eigenvalue weighted by atomic mass is 16.5. The first-order valence-electron chi connectivity index (χ1n) is 6.33. The molecule has 0 aromatic rings. The summed E-state index contributed by atoms with van der Waals surface area (Å²) in [5.41, 5.74) is 0. The van der Waals surface area contributed by atoms with Crippen molar-refractivity contribution in [3.8, 4) is 0 Å². The molecule has 3 heteroatoms. The van der Waals surface area contributed by atoms with Crippen LogP contribution in [0.2, 0.25) is 0 Å². The fourth-order valence-electron chi connectivity index (χ4n) is 3.72. The number of hydrogen-bond acceptors (Lipinski definition) is 3. The van der Waals surface area contributed by atoms with Gasteiger partial charge in [0.2, 0.25) is 0 Å². The molecule has 2 saturated carbocycles. The second kappa shape index (κ2) is 4.04. The van der Waals surface area contributed by atoms with Crippen molar-refractivity contribution in [2.45, 2.75) is 25.4 Å². The molecule has 1 N–H and O–H groups in total. The number of nitrogens with zero attached hydrogens (tertiary/aromatic N) is 1. The van der Waals surface area contributed by atoms with Gasteiger partial charge >= 0.3 is 0 Å². The predicted octanol–water partition coefficient (Wildman–Crippen LogP) is 0.726. The molecule has 1 heterocycles. The Morgan fingerprint density at radius 2 is 1.87 bits per heavy atom. The number of fused-ring (bicyclic) bond motifs is 2. The van der Waals surface area contributed by atoms with Crippen LogP contribution in [0, 0.1) is 17.8 Å². The minimum Gasteiger partial charge on any atom is -0.392 e. The van der Waals surface area contributed by atoms with E-state index < -0.39 is 0 Å². The minimum absolute atomic E-state index is 0.00778. The van der Waals surface area contributed by atoms with Crippen LogP contribution in [0.1, 0.15) is 19.3 Å². The molecule has 0 radical (unpaired) electrons. The maximum Gasteiger partial charge on any atom is 0.0611 e. The molecule has 3 rings (SSSR count). The lowest BCUT2D eigenvalue weighted by atomic mass is 9.86. The summed E-state index contributed by atoms with van der Waals surface area (Å²) >= 11 is 0. The quantitative estimate of drug-likeness (QED) is 0.731. The zero-order valence-corrected chi connectivity index (χ0v) is 9.27. The zero-order valence-electron chi connectivity index (χ0n) is 9.27. The lowest BCUT2D eigenvalue weighted by Crippen LogP contribution is -2.43. The fourth-order valence-corrected chi connectivity index (χ4v) is 3.72. The standard InChI is InChI=1S/C12H21NO2/c14-12-10-2-1-9(7-10)11(12)8-13-3-5-15-6-4-13/h9-12,14H,1-8H2/t9-,10+,11+,12-/m1/s1. The highest BCUT2D eigenvalue weighted by Gasteiger charge is 2.46. The van der Waals surface area contributed by atoms with Gasteiger partial charge in [-0.15, -0.1) is 0 Å². The number of hydrogen-bond donors (Lipinski definition) is 1. The van der Waals surface area contributed by atoms with Gasteiger partial charge in [-0.1, -0.05) is 0 Å². The fraction of sp³-hybridized carbons (Fsp3) is 1.00. The van der Waals surface area contributed by atoms with E-state index >= 15 is 0 Å². The predicted molar refractivity (Wildman–Crippen MR) is 57.6 cm³/mol. The third kappa shape index (κ3) is 1.81. The molecule has 1 saturated heterocycles. The molecule has 0 amide bonds. The topological polar surface area (TPSA) is 32.7 Å². The molecule has 4 atom stereocenters. The van der Waals surface area contributed by atoms with Crippen molar-refractivity contribution in [1.82, 2.24) is 4.90 Å². The molecular formula is C12H21NO2. The Morgan fingerprint density at radius 1 is 1.13 bits per heavy atom. The normalized spacial score (nSPS) is 46.2. The summed E-state index contributed by atoms with van der Waals surface area (Å²) in [4.78, 5) is 2.47. The van der Waals surface area contributed by atoms with Crippen LogP contribution in [0.15, 0.2) is 0 Å². The van der Waals surface area contributed by atoms with Gasteiger partial charge in [-0.25, -0.2) is 0 Å². The minimum atomic E-state index is -0.00778. The highest BCUT2D eigenvalue weighted by molar-refractivity contribution is 4.97. The van der Waals surface area contributed by atoms with Crippen molar-refractivity contribution in [2.24, 2.45) is 17.8 Å². The van der Waals surface area contributed by atoms with E-state index in [1.54, 1.807) is 0 Å². The Kier molecular flexibility index (Phi) is 2.71. The molecule has 3 fully saturated rings. The molecule has 3 aliphatic rings.